The molecule has 2 N–H and O–H groups in total. The molecule has 160 valence electrons. The Labute approximate surface area is 186 Å². The summed E-state index contributed by atoms with van der Waals surface area (Å²) in [6.45, 7) is 4.48. The minimum Gasteiger partial charge on any atom is -0.497 e. The number of nitrogens with zero attached hydrogens (tertiary/aromatic N) is 2. The van der Waals surface area contributed by atoms with E-state index < -0.39 is 0 Å². The molecule has 0 saturated carbocycles. The highest BCUT2D eigenvalue weighted by Crippen LogP contribution is 2.29. The summed E-state index contributed by atoms with van der Waals surface area (Å²) < 4.78 is 16.4. The fourth-order valence-electron chi connectivity index (χ4n) is 3.44. The third kappa shape index (κ3) is 6.12. The largest absolute Gasteiger partial charge is 0.497 e. The maximum atomic E-state index is 5.55. The van der Waals surface area contributed by atoms with Gasteiger partial charge in [-0.05, 0) is 52.1 Å². The minimum absolute atomic E-state index is 0. The molecule has 28 heavy (non-hydrogen) atoms. The summed E-state index contributed by atoms with van der Waals surface area (Å²) in [6, 6.07) is 5.81. The minimum atomic E-state index is 0. The van der Waals surface area contributed by atoms with Crippen LogP contribution >= 0.6 is 24.0 Å². The molecule has 1 unspecified atom stereocenters. The molecule has 0 radical (unpaired) electrons. The van der Waals surface area contributed by atoms with Gasteiger partial charge in [0.1, 0.15) is 11.5 Å². The van der Waals surface area contributed by atoms with E-state index in [0.29, 0.717) is 0 Å². The number of halogens is 1. The van der Waals surface area contributed by atoms with Crippen LogP contribution in [0.4, 0.5) is 0 Å². The van der Waals surface area contributed by atoms with Gasteiger partial charge in [-0.25, -0.2) is 0 Å². The first-order valence-corrected chi connectivity index (χ1v) is 9.40. The number of ether oxygens (including phenoxy) is 3. The second-order valence-electron chi connectivity index (χ2n) is 7.13. The zero-order valence-electron chi connectivity index (χ0n) is 17.9. The predicted molar refractivity (Wildman–Crippen MR) is 124 cm³/mol. The van der Waals surface area contributed by atoms with Crippen LogP contribution < -0.4 is 20.1 Å². The lowest BCUT2D eigenvalue weighted by molar-refractivity contribution is -0.00502. The lowest BCUT2D eigenvalue weighted by atomic mass is 9.88. The molecule has 1 aliphatic rings. The fourth-order valence-corrected chi connectivity index (χ4v) is 3.44. The Hall–Kier alpha value is -1.26. The van der Waals surface area contributed by atoms with E-state index in [1.807, 2.05) is 18.2 Å². The molecule has 1 aromatic carbocycles. The van der Waals surface area contributed by atoms with Crippen molar-refractivity contribution >= 4 is 29.9 Å². The molecule has 7 nitrogen and oxygen atoms in total. The topological polar surface area (TPSA) is 67.4 Å². The number of rotatable bonds is 7. The Morgan fingerprint density at radius 1 is 1.25 bits per heavy atom. The average Bonchev–Trinajstić information content (AvgIpc) is 2.70. The molecular formula is C20H35IN4O3. The van der Waals surface area contributed by atoms with Crippen molar-refractivity contribution in [3.8, 4) is 11.5 Å². The molecule has 0 bridgehead atoms. The van der Waals surface area contributed by atoms with Gasteiger partial charge < -0.3 is 29.7 Å². The molecule has 0 aliphatic carbocycles. The Morgan fingerprint density at radius 2 is 1.93 bits per heavy atom. The average molecular weight is 506 g/mol. The van der Waals surface area contributed by atoms with Gasteiger partial charge >= 0.3 is 0 Å². The molecule has 0 aromatic heterocycles. The Balaban J connectivity index is 0.00000392. The van der Waals surface area contributed by atoms with E-state index in [1.165, 1.54) is 0 Å². The van der Waals surface area contributed by atoms with Crippen LogP contribution in [-0.2, 0) is 4.74 Å². The fraction of sp³-hybridized carbons (Fsp3) is 0.650. The van der Waals surface area contributed by atoms with E-state index in [1.54, 1.807) is 21.3 Å². The maximum absolute atomic E-state index is 5.55. The van der Waals surface area contributed by atoms with E-state index in [2.05, 4.69) is 41.5 Å². The maximum Gasteiger partial charge on any atom is 0.191 e. The highest BCUT2D eigenvalue weighted by atomic mass is 127. The molecule has 0 spiro atoms. The van der Waals surface area contributed by atoms with Crippen LogP contribution in [0.2, 0.25) is 0 Å². The van der Waals surface area contributed by atoms with Gasteiger partial charge in [-0.15, -0.1) is 24.0 Å². The third-order valence-corrected chi connectivity index (χ3v) is 5.44. The molecule has 2 rings (SSSR count). The van der Waals surface area contributed by atoms with Crippen molar-refractivity contribution in [1.82, 2.24) is 15.5 Å². The Morgan fingerprint density at radius 3 is 2.46 bits per heavy atom. The molecular weight excluding hydrogens is 471 g/mol. The van der Waals surface area contributed by atoms with Crippen LogP contribution in [0.5, 0.6) is 11.5 Å². The summed E-state index contributed by atoms with van der Waals surface area (Å²) in [5, 5.41) is 6.96. The van der Waals surface area contributed by atoms with Gasteiger partial charge in [0.2, 0.25) is 0 Å². The molecule has 1 aromatic rings. The van der Waals surface area contributed by atoms with E-state index in [-0.39, 0.29) is 35.6 Å². The quantitative estimate of drug-likeness (QED) is 0.337. The summed E-state index contributed by atoms with van der Waals surface area (Å²) in [5.41, 5.74) is 1.10. The van der Waals surface area contributed by atoms with Gasteiger partial charge in [0.05, 0.1) is 20.3 Å². The van der Waals surface area contributed by atoms with E-state index in [0.717, 1.165) is 55.6 Å². The highest BCUT2D eigenvalue weighted by Gasteiger charge is 2.34. The molecule has 1 heterocycles. The first-order chi connectivity index (χ1) is 13.0. The number of aliphatic imine (C=N–C) groups is 1. The molecule has 1 aliphatic heterocycles. The lowest BCUT2D eigenvalue weighted by Gasteiger charge is -2.43. The second kappa shape index (κ2) is 11.7. The van der Waals surface area contributed by atoms with Crippen molar-refractivity contribution in [3.63, 3.8) is 0 Å². The van der Waals surface area contributed by atoms with Gasteiger partial charge in [-0.1, -0.05) is 0 Å². The van der Waals surface area contributed by atoms with Crippen LogP contribution in [0.1, 0.15) is 31.4 Å². The van der Waals surface area contributed by atoms with E-state index in [4.69, 9.17) is 14.2 Å². The van der Waals surface area contributed by atoms with Crippen molar-refractivity contribution < 1.29 is 14.2 Å². The summed E-state index contributed by atoms with van der Waals surface area (Å²) in [4.78, 5) is 6.69. The predicted octanol–water partition coefficient (Wildman–Crippen LogP) is 2.66. The van der Waals surface area contributed by atoms with Crippen molar-refractivity contribution in [2.75, 3.05) is 55.1 Å². The molecule has 1 atom stereocenters. The number of likely N-dealkylation sites (N-methyl/N-ethyl adjacent to an activating group) is 1. The number of methoxy groups -OCH3 is 2. The van der Waals surface area contributed by atoms with Gasteiger partial charge in [-0.2, -0.15) is 0 Å². The molecule has 0 amide bonds. The second-order valence-corrected chi connectivity index (χ2v) is 7.13. The number of hydrogen-bond acceptors (Lipinski definition) is 5. The summed E-state index contributed by atoms with van der Waals surface area (Å²) in [6.07, 6.45) is 2.01. The zero-order chi connectivity index (χ0) is 19.9. The summed E-state index contributed by atoms with van der Waals surface area (Å²) >= 11 is 0. The van der Waals surface area contributed by atoms with Crippen LogP contribution in [0, 0.1) is 0 Å². The van der Waals surface area contributed by atoms with Crippen LogP contribution in [0.25, 0.3) is 0 Å². The number of guanidine groups is 1. The normalized spacial score (nSPS) is 17.5. The zero-order valence-corrected chi connectivity index (χ0v) is 20.2. The number of benzene rings is 1. The molecule has 1 fully saturated rings. The SMILES string of the molecule is CN=C(NCC1(N(C)C)CCOCC1)NC(C)c1cc(OC)ccc1OC.I. The van der Waals surface area contributed by atoms with Gasteiger partial charge in [0, 0.05) is 37.9 Å². The third-order valence-electron chi connectivity index (χ3n) is 5.44. The number of hydrogen-bond donors (Lipinski definition) is 2. The first-order valence-electron chi connectivity index (χ1n) is 9.40. The van der Waals surface area contributed by atoms with Crippen molar-refractivity contribution in [1.29, 1.82) is 0 Å². The van der Waals surface area contributed by atoms with Crippen molar-refractivity contribution in [2.45, 2.75) is 31.3 Å². The van der Waals surface area contributed by atoms with E-state index in [9.17, 15) is 0 Å². The van der Waals surface area contributed by atoms with Gasteiger partial charge in [0.15, 0.2) is 5.96 Å². The number of nitrogens with one attached hydrogen (secondary N) is 2. The van der Waals surface area contributed by atoms with Gasteiger partial charge in [0.25, 0.3) is 0 Å². The van der Waals surface area contributed by atoms with Crippen LogP contribution in [0.3, 0.4) is 0 Å². The van der Waals surface area contributed by atoms with Crippen LogP contribution in [-0.4, -0.2) is 71.5 Å². The Bertz CT molecular complexity index is 634. The van der Waals surface area contributed by atoms with Crippen LogP contribution in [0.15, 0.2) is 23.2 Å². The molecule has 1 saturated heterocycles. The van der Waals surface area contributed by atoms with E-state index >= 15 is 0 Å². The standard InChI is InChI=1S/C20H34N4O3.HI/c1-15(17-13-16(25-5)7-8-18(17)26-6)23-19(21-2)22-14-20(24(3)4)9-11-27-12-10-20;/h7-8,13,15H,9-12,14H2,1-6H3,(H2,21,22,23);1H. The van der Waals surface area contributed by atoms with Crippen molar-refractivity contribution in [2.24, 2.45) is 4.99 Å². The first kappa shape index (κ1) is 24.8. The van der Waals surface area contributed by atoms with Gasteiger partial charge in [-0.3, -0.25) is 4.99 Å². The smallest absolute Gasteiger partial charge is 0.191 e. The monoisotopic (exact) mass is 506 g/mol. The molecule has 8 heteroatoms. The summed E-state index contributed by atoms with van der Waals surface area (Å²) in [7, 11) is 9.40. The highest BCUT2D eigenvalue weighted by molar-refractivity contribution is 14.0. The lowest BCUT2D eigenvalue weighted by Crippen LogP contribution is -2.57. The summed E-state index contributed by atoms with van der Waals surface area (Å²) in [5.74, 6) is 2.39. The van der Waals surface area contributed by atoms with Crippen molar-refractivity contribution in [3.05, 3.63) is 23.8 Å². The Kier molecular flexibility index (Phi) is 10.3.